The molecule has 0 spiro atoms. The molecular weight excluding hydrogens is 847 g/mol. The number of nitrogens with zero attached hydrogens (tertiary/aromatic N) is 1. The predicted octanol–water partition coefficient (Wildman–Crippen LogP) is 7.12. The quantitative estimate of drug-likeness (QED) is 0.0368. The van der Waals surface area contributed by atoms with Gasteiger partial charge >= 0.3 is 5.97 Å². The van der Waals surface area contributed by atoms with E-state index in [1.807, 2.05) is 58.1 Å². The topological polar surface area (TPSA) is 206 Å². The van der Waals surface area contributed by atoms with Gasteiger partial charge in [-0.05, 0) is 121 Å². The third kappa shape index (κ3) is 17.0. The van der Waals surface area contributed by atoms with Crippen LogP contribution in [0.3, 0.4) is 0 Å². The lowest BCUT2D eigenvalue weighted by molar-refractivity contribution is -0.263. The number of likely N-dealkylation sites (tertiary alicyclic amines) is 1. The Kier molecular flexibility index (Phi) is 24.3. The predicted molar refractivity (Wildman–Crippen MR) is 252 cm³/mol. The van der Waals surface area contributed by atoms with Gasteiger partial charge in [-0.1, -0.05) is 76.6 Å². The number of allylic oxidation sites excluding steroid dienone is 7. The summed E-state index contributed by atoms with van der Waals surface area (Å²) in [4.78, 5) is 66.0. The molecule has 1 aliphatic carbocycles. The molecule has 66 heavy (non-hydrogen) atoms. The SMILES string of the molecule is COC1CC(CC(C)CCC(=O)C(C)C=C(C)C(O)C(OC)C(=O)C(C)CC(C)C=CC=CC=C(C)CCC2CCC(C)C(O)(C(=O)C(=O)N3CCCCC3C(=O)O)O2)CCC1OCCO. The van der Waals surface area contributed by atoms with Crippen LogP contribution in [0.1, 0.15) is 138 Å². The largest absolute Gasteiger partial charge is 0.480 e. The molecule has 13 unspecified atom stereocenters. The van der Waals surface area contributed by atoms with Crippen molar-refractivity contribution in [2.75, 3.05) is 34.0 Å². The number of carboxylic acids is 1. The number of carboxylic acid groups (broad SMARTS) is 1. The van der Waals surface area contributed by atoms with Crippen molar-refractivity contribution in [1.82, 2.24) is 4.90 Å². The van der Waals surface area contributed by atoms with E-state index in [-0.39, 0.29) is 49.3 Å². The van der Waals surface area contributed by atoms with Gasteiger partial charge < -0.3 is 44.3 Å². The third-order valence-electron chi connectivity index (χ3n) is 14.1. The first-order valence-corrected chi connectivity index (χ1v) is 24.5. The minimum Gasteiger partial charge on any atom is -0.480 e. The molecule has 3 rings (SSSR count). The highest BCUT2D eigenvalue weighted by molar-refractivity contribution is 6.39. The van der Waals surface area contributed by atoms with Crippen molar-refractivity contribution >= 4 is 29.2 Å². The summed E-state index contributed by atoms with van der Waals surface area (Å²) < 4.78 is 22.9. The smallest absolute Gasteiger partial charge is 0.326 e. The van der Waals surface area contributed by atoms with E-state index in [0.717, 1.165) is 42.6 Å². The van der Waals surface area contributed by atoms with Gasteiger partial charge in [0.1, 0.15) is 24.0 Å². The van der Waals surface area contributed by atoms with Crippen LogP contribution in [0.5, 0.6) is 0 Å². The van der Waals surface area contributed by atoms with E-state index in [1.54, 1.807) is 27.0 Å². The fraction of sp³-hybridized carbons (Fsp3) is 0.750. The summed E-state index contributed by atoms with van der Waals surface area (Å²) in [6.45, 7) is 13.7. The van der Waals surface area contributed by atoms with Crippen LogP contribution >= 0.6 is 0 Å². The van der Waals surface area contributed by atoms with E-state index < -0.39 is 65.6 Å². The average Bonchev–Trinajstić information content (AvgIpc) is 3.29. The van der Waals surface area contributed by atoms with Crippen molar-refractivity contribution in [3.8, 4) is 0 Å². The zero-order chi connectivity index (χ0) is 49.1. The number of methoxy groups -OCH3 is 2. The second kappa shape index (κ2) is 28.2. The molecule has 2 heterocycles. The molecule has 0 bridgehead atoms. The van der Waals surface area contributed by atoms with E-state index in [9.17, 15) is 39.3 Å². The maximum absolute atomic E-state index is 13.5. The molecule has 3 aliphatic rings. The van der Waals surface area contributed by atoms with E-state index in [0.29, 0.717) is 75.4 Å². The molecule has 2 aliphatic heterocycles. The second-order valence-electron chi connectivity index (χ2n) is 19.7. The first kappa shape index (κ1) is 57.0. The number of piperidine rings is 1. The number of carbonyl (C=O) groups excluding carboxylic acids is 4. The maximum Gasteiger partial charge on any atom is 0.326 e. The first-order valence-electron chi connectivity index (χ1n) is 24.5. The molecular formula is C52H83NO13. The average molecular weight is 930 g/mol. The van der Waals surface area contributed by atoms with E-state index in [2.05, 4.69) is 6.92 Å². The molecule has 1 amide bonds. The Morgan fingerprint density at radius 1 is 0.924 bits per heavy atom. The van der Waals surface area contributed by atoms with Crippen LogP contribution in [0.25, 0.3) is 0 Å². The molecule has 374 valence electrons. The van der Waals surface area contributed by atoms with Gasteiger partial charge in [-0.3, -0.25) is 19.2 Å². The zero-order valence-corrected chi connectivity index (χ0v) is 41.3. The van der Waals surface area contributed by atoms with E-state index >= 15 is 0 Å². The number of aliphatic carboxylic acids is 1. The Bertz CT molecular complexity index is 1710. The van der Waals surface area contributed by atoms with Gasteiger partial charge in [-0.25, -0.2) is 4.79 Å². The molecule has 0 aromatic carbocycles. The monoisotopic (exact) mass is 930 g/mol. The Morgan fingerprint density at radius 2 is 1.65 bits per heavy atom. The normalized spacial score (nSPS) is 28.5. The Balaban J connectivity index is 1.43. The molecule has 2 saturated heterocycles. The number of ether oxygens (including phenoxy) is 4. The number of rotatable bonds is 27. The summed E-state index contributed by atoms with van der Waals surface area (Å²) in [6.07, 6.45) is 18.1. The summed E-state index contributed by atoms with van der Waals surface area (Å²) >= 11 is 0. The lowest BCUT2D eigenvalue weighted by atomic mass is 9.79. The molecule has 14 nitrogen and oxygen atoms in total. The number of ketones is 3. The van der Waals surface area contributed by atoms with Gasteiger partial charge in [0.05, 0.1) is 31.5 Å². The number of Topliss-reactive ketones (excluding diaryl/α,β-unsaturated/α-hetero) is 3. The van der Waals surface area contributed by atoms with Crippen molar-refractivity contribution in [1.29, 1.82) is 0 Å². The minimum absolute atomic E-state index is 0.00323. The minimum atomic E-state index is -2.31. The van der Waals surface area contributed by atoms with Crippen LogP contribution in [0.15, 0.2) is 47.6 Å². The standard InChI is InChI=1S/C52H83NO13/c1-33(18-22-41-23-20-39(7)52(62,66-41)49(58)50(59)53-26-14-13-17-42(53)51(60)61)15-11-10-12-16-34(2)29-37(5)46(56)48(64-9)47(57)38(6)31-36(4)43(55)24-19-35(3)30-40-21-25-44(65-28-27-54)45(32-40)63-8/h10-12,15-16,31,34-37,39-42,44-45,47-48,54,57,62H,13-14,17-30,32H2,1-9H3,(H,60,61). The summed E-state index contributed by atoms with van der Waals surface area (Å²) in [7, 11) is 3.12. The second-order valence-corrected chi connectivity index (χ2v) is 19.7. The van der Waals surface area contributed by atoms with Crippen LogP contribution in [-0.2, 0) is 42.9 Å². The number of hydrogen-bond donors (Lipinski definition) is 4. The maximum atomic E-state index is 13.5. The van der Waals surface area contributed by atoms with Gasteiger partial charge in [0.2, 0.25) is 5.79 Å². The lowest BCUT2D eigenvalue weighted by Gasteiger charge is -2.42. The summed E-state index contributed by atoms with van der Waals surface area (Å²) in [5.74, 6) is -6.23. The number of aliphatic hydroxyl groups excluding tert-OH is 2. The number of carbonyl (C=O) groups is 5. The Hall–Kier alpha value is -3.37. The molecule has 0 aromatic rings. The molecule has 0 radical (unpaired) electrons. The van der Waals surface area contributed by atoms with Crippen LogP contribution in [-0.4, -0.2) is 131 Å². The van der Waals surface area contributed by atoms with E-state index in [1.165, 1.54) is 7.11 Å². The van der Waals surface area contributed by atoms with Gasteiger partial charge in [-0.2, -0.15) is 0 Å². The fourth-order valence-electron chi connectivity index (χ4n) is 9.87. The Morgan fingerprint density at radius 3 is 2.32 bits per heavy atom. The van der Waals surface area contributed by atoms with Crippen molar-refractivity contribution < 1.29 is 63.3 Å². The summed E-state index contributed by atoms with van der Waals surface area (Å²) in [6, 6.07) is -1.09. The number of amides is 1. The van der Waals surface area contributed by atoms with Crippen LogP contribution in [0.2, 0.25) is 0 Å². The molecule has 4 N–H and O–H groups in total. The highest BCUT2D eigenvalue weighted by atomic mass is 16.6. The van der Waals surface area contributed by atoms with Crippen molar-refractivity contribution in [2.45, 2.75) is 181 Å². The summed E-state index contributed by atoms with van der Waals surface area (Å²) in [5.41, 5.74) is 1.57. The van der Waals surface area contributed by atoms with Gasteiger partial charge in [0, 0.05) is 44.9 Å². The Labute approximate surface area is 394 Å². The molecule has 14 heteroatoms. The number of aliphatic hydroxyl groups is 3. The highest BCUT2D eigenvalue weighted by Gasteiger charge is 2.52. The van der Waals surface area contributed by atoms with Gasteiger partial charge in [0.15, 0.2) is 5.78 Å². The van der Waals surface area contributed by atoms with Gasteiger partial charge in [0.25, 0.3) is 11.7 Å². The van der Waals surface area contributed by atoms with Crippen LogP contribution < -0.4 is 0 Å². The zero-order valence-electron chi connectivity index (χ0n) is 41.3. The summed E-state index contributed by atoms with van der Waals surface area (Å²) in [5, 5.41) is 41.3. The van der Waals surface area contributed by atoms with Crippen LogP contribution in [0.4, 0.5) is 0 Å². The molecule has 1 saturated carbocycles. The van der Waals surface area contributed by atoms with Gasteiger partial charge in [-0.15, -0.1) is 0 Å². The highest BCUT2D eigenvalue weighted by Crippen LogP contribution is 2.37. The molecule has 13 atom stereocenters. The molecule has 3 fully saturated rings. The third-order valence-corrected chi connectivity index (χ3v) is 14.1. The van der Waals surface area contributed by atoms with Crippen LogP contribution in [0, 0.1) is 35.5 Å². The molecule has 0 aromatic heterocycles. The first-order chi connectivity index (χ1) is 31.3. The van der Waals surface area contributed by atoms with E-state index in [4.69, 9.17) is 24.1 Å². The van der Waals surface area contributed by atoms with Crippen molar-refractivity contribution in [2.24, 2.45) is 35.5 Å². The van der Waals surface area contributed by atoms with Crippen molar-refractivity contribution in [3.05, 3.63) is 47.6 Å². The lowest BCUT2D eigenvalue weighted by Crippen LogP contribution is -2.60. The van der Waals surface area contributed by atoms with Crippen molar-refractivity contribution in [3.63, 3.8) is 0 Å². The fourth-order valence-corrected chi connectivity index (χ4v) is 9.87. The number of hydrogen-bond acceptors (Lipinski definition) is 12.